The Kier molecular flexibility index (Phi) is 4.29. The van der Waals surface area contributed by atoms with Gasteiger partial charge in [0.05, 0.1) is 0 Å². The van der Waals surface area contributed by atoms with Crippen molar-refractivity contribution in [2.45, 2.75) is 33.6 Å². The third-order valence-corrected chi connectivity index (χ3v) is 1.82. The van der Waals surface area contributed by atoms with E-state index in [1.165, 1.54) is 5.57 Å². The summed E-state index contributed by atoms with van der Waals surface area (Å²) in [5.74, 6) is 0.286. The van der Waals surface area contributed by atoms with Crippen LogP contribution in [0.2, 0.25) is 0 Å². The second kappa shape index (κ2) is 4.73. The molecule has 0 saturated carbocycles. The summed E-state index contributed by atoms with van der Waals surface area (Å²) in [5, 5.41) is 0. The van der Waals surface area contributed by atoms with Crippen molar-refractivity contribution in [3.8, 4) is 0 Å². The van der Waals surface area contributed by atoms with Crippen molar-refractivity contribution in [2.75, 3.05) is 0 Å². The molecule has 0 bridgehead atoms. The molecule has 72 valence electrons. The number of hydrogen-bond donors (Lipinski definition) is 0. The van der Waals surface area contributed by atoms with Gasteiger partial charge in [-0.1, -0.05) is 19.4 Å². The van der Waals surface area contributed by atoms with Crippen molar-refractivity contribution in [3.63, 3.8) is 0 Å². The molecule has 0 amide bonds. The summed E-state index contributed by atoms with van der Waals surface area (Å²) in [7, 11) is 0. The SMILES string of the molecule is CC1=CC(=O)CC(C)(C)C1.O=C=O. The molecule has 1 aliphatic rings. The van der Waals surface area contributed by atoms with E-state index >= 15 is 0 Å². The molecule has 3 nitrogen and oxygen atoms in total. The van der Waals surface area contributed by atoms with Crippen LogP contribution in [0.1, 0.15) is 33.6 Å². The third kappa shape index (κ3) is 5.10. The predicted molar refractivity (Wildman–Crippen MR) is 46.8 cm³/mol. The van der Waals surface area contributed by atoms with E-state index in [1.807, 2.05) is 6.92 Å². The highest BCUT2D eigenvalue weighted by atomic mass is 16.2. The largest absolute Gasteiger partial charge is 0.373 e. The van der Waals surface area contributed by atoms with E-state index in [4.69, 9.17) is 9.59 Å². The Morgan fingerprint density at radius 1 is 1.31 bits per heavy atom. The zero-order chi connectivity index (χ0) is 10.5. The van der Waals surface area contributed by atoms with Crippen LogP contribution in [-0.2, 0) is 14.4 Å². The lowest BCUT2D eigenvalue weighted by Gasteiger charge is -2.27. The molecule has 0 aliphatic heterocycles. The molecule has 0 heterocycles. The highest BCUT2D eigenvalue weighted by Crippen LogP contribution is 2.32. The maximum atomic E-state index is 11.0. The van der Waals surface area contributed by atoms with E-state index in [0.717, 1.165) is 6.42 Å². The summed E-state index contributed by atoms with van der Waals surface area (Å²) in [5.41, 5.74) is 1.43. The monoisotopic (exact) mass is 182 g/mol. The topological polar surface area (TPSA) is 51.2 Å². The molecule has 0 unspecified atom stereocenters. The van der Waals surface area contributed by atoms with Gasteiger partial charge in [-0.25, -0.2) is 0 Å². The van der Waals surface area contributed by atoms with E-state index in [0.29, 0.717) is 6.42 Å². The molecule has 0 atom stereocenters. The molecule has 0 aromatic heterocycles. The molecule has 13 heavy (non-hydrogen) atoms. The minimum atomic E-state index is 0.204. The van der Waals surface area contributed by atoms with Crippen LogP contribution in [0.3, 0.4) is 0 Å². The number of hydrogen-bond acceptors (Lipinski definition) is 3. The molecule has 0 spiro atoms. The lowest BCUT2D eigenvalue weighted by Crippen LogP contribution is -2.20. The van der Waals surface area contributed by atoms with Crippen molar-refractivity contribution in [1.29, 1.82) is 0 Å². The first-order chi connectivity index (χ1) is 5.91. The summed E-state index contributed by atoms with van der Waals surface area (Å²) in [6.07, 6.45) is 3.80. The fraction of sp³-hybridized carbons (Fsp3) is 0.600. The molecule has 0 aromatic carbocycles. The summed E-state index contributed by atoms with van der Waals surface area (Å²) < 4.78 is 0. The molecule has 0 N–H and O–H groups in total. The van der Waals surface area contributed by atoms with E-state index in [1.54, 1.807) is 6.08 Å². The van der Waals surface area contributed by atoms with Gasteiger partial charge in [0, 0.05) is 6.42 Å². The standard InChI is InChI=1S/C9H14O.CO2/c1-7-4-8(10)6-9(2,3)5-7;2-1-3/h4H,5-6H2,1-3H3;. The number of carbonyl (C=O) groups excluding carboxylic acids is 3. The van der Waals surface area contributed by atoms with Crippen LogP contribution in [0.15, 0.2) is 11.6 Å². The normalized spacial score (nSPS) is 19.3. The summed E-state index contributed by atoms with van der Waals surface area (Å²) in [6.45, 7) is 6.31. The van der Waals surface area contributed by atoms with Crippen molar-refractivity contribution in [3.05, 3.63) is 11.6 Å². The minimum absolute atomic E-state index is 0.204. The van der Waals surface area contributed by atoms with Crippen LogP contribution < -0.4 is 0 Å². The van der Waals surface area contributed by atoms with Gasteiger partial charge in [0.25, 0.3) is 0 Å². The van der Waals surface area contributed by atoms with E-state index in [9.17, 15) is 4.79 Å². The highest BCUT2D eigenvalue weighted by Gasteiger charge is 2.25. The second-order valence-corrected chi connectivity index (χ2v) is 4.06. The molecule has 0 saturated heterocycles. The first-order valence-corrected chi connectivity index (χ1v) is 4.10. The van der Waals surface area contributed by atoms with Gasteiger partial charge in [-0.3, -0.25) is 4.79 Å². The number of carbonyl (C=O) groups is 1. The van der Waals surface area contributed by atoms with Crippen LogP contribution in [0.4, 0.5) is 0 Å². The fourth-order valence-corrected chi connectivity index (χ4v) is 1.67. The maximum absolute atomic E-state index is 11.0. The molecule has 0 fully saturated rings. The van der Waals surface area contributed by atoms with Crippen LogP contribution >= 0.6 is 0 Å². The number of rotatable bonds is 0. The second-order valence-electron chi connectivity index (χ2n) is 4.06. The van der Waals surface area contributed by atoms with E-state index < -0.39 is 0 Å². The Morgan fingerprint density at radius 2 is 1.77 bits per heavy atom. The van der Waals surface area contributed by atoms with Gasteiger partial charge in [-0.15, -0.1) is 0 Å². The Balaban J connectivity index is 0.000000424. The number of allylic oxidation sites excluding steroid dienone is 2. The highest BCUT2D eigenvalue weighted by molar-refractivity contribution is 5.91. The first kappa shape index (κ1) is 11.8. The van der Waals surface area contributed by atoms with Crippen molar-refractivity contribution < 1.29 is 14.4 Å². The molecular formula is C10H14O3. The van der Waals surface area contributed by atoms with Crippen LogP contribution in [0, 0.1) is 5.41 Å². The van der Waals surface area contributed by atoms with Crippen molar-refractivity contribution in [1.82, 2.24) is 0 Å². The lowest BCUT2D eigenvalue weighted by molar-refractivity contribution is -0.191. The maximum Gasteiger partial charge on any atom is 0.373 e. The smallest absolute Gasteiger partial charge is 0.295 e. The zero-order valence-corrected chi connectivity index (χ0v) is 8.22. The molecule has 0 aromatic rings. The van der Waals surface area contributed by atoms with Crippen LogP contribution in [-0.4, -0.2) is 11.9 Å². The lowest BCUT2D eigenvalue weighted by atomic mass is 9.77. The summed E-state index contributed by atoms with van der Waals surface area (Å²) >= 11 is 0. The molecule has 0 radical (unpaired) electrons. The fourth-order valence-electron chi connectivity index (χ4n) is 1.67. The van der Waals surface area contributed by atoms with Gasteiger partial charge in [0.1, 0.15) is 0 Å². The Labute approximate surface area is 77.8 Å². The van der Waals surface area contributed by atoms with Gasteiger partial charge in [0.2, 0.25) is 0 Å². The van der Waals surface area contributed by atoms with E-state index in [2.05, 4.69) is 13.8 Å². The number of ketones is 1. The van der Waals surface area contributed by atoms with Crippen LogP contribution in [0.25, 0.3) is 0 Å². The predicted octanol–water partition coefficient (Wildman–Crippen LogP) is 1.74. The Morgan fingerprint density at radius 3 is 2.08 bits per heavy atom. The van der Waals surface area contributed by atoms with Gasteiger partial charge in [0.15, 0.2) is 5.78 Å². The summed E-state index contributed by atoms with van der Waals surface area (Å²) in [4.78, 5) is 27.3. The third-order valence-electron chi connectivity index (χ3n) is 1.82. The van der Waals surface area contributed by atoms with Gasteiger partial charge in [-0.2, -0.15) is 9.59 Å². The Hall–Kier alpha value is -1.21. The van der Waals surface area contributed by atoms with Crippen molar-refractivity contribution in [2.24, 2.45) is 5.41 Å². The van der Waals surface area contributed by atoms with Gasteiger partial charge >= 0.3 is 6.15 Å². The zero-order valence-electron chi connectivity index (χ0n) is 8.22. The Bertz CT molecular complexity index is 255. The van der Waals surface area contributed by atoms with Gasteiger partial charge in [-0.05, 0) is 24.8 Å². The minimum Gasteiger partial charge on any atom is -0.295 e. The first-order valence-electron chi connectivity index (χ1n) is 4.10. The average Bonchev–Trinajstić information content (AvgIpc) is 1.81. The summed E-state index contributed by atoms with van der Waals surface area (Å²) in [6, 6.07) is 0. The van der Waals surface area contributed by atoms with E-state index in [-0.39, 0.29) is 17.3 Å². The molecular weight excluding hydrogens is 168 g/mol. The van der Waals surface area contributed by atoms with Gasteiger partial charge < -0.3 is 0 Å². The molecule has 1 rings (SSSR count). The average molecular weight is 182 g/mol. The molecule has 3 heteroatoms. The quantitative estimate of drug-likeness (QED) is 0.573. The van der Waals surface area contributed by atoms with Crippen molar-refractivity contribution >= 4 is 11.9 Å². The molecule has 1 aliphatic carbocycles. The van der Waals surface area contributed by atoms with Crippen LogP contribution in [0.5, 0.6) is 0 Å².